The van der Waals surface area contributed by atoms with Crippen LogP contribution >= 0.6 is 0 Å². The molecule has 2 amide bonds. The maximum atomic E-state index is 13.1. The van der Waals surface area contributed by atoms with E-state index in [9.17, 15) is 14.0 Å². The van der Waals surface area contributed by atoms with Gasteiger partial charge >= 0.3 is 0 Å². The first-order valence-electron chi connectivity index (χ1n) is 11.1. The number of rotatable bonds is 7. The summed E-state index contributed by atoms with van der Waals surface area (Å²) in [6.07, 6.45) is 2.74. The summed E-state index contributed by atoms with van der Waals surface area (Å²) in [5, 5.41) is 7.31. The Morgan fingerprint density at radius 1 is 1.06 bits per heavy atom. The maximum absolute atomic E-state index is 13.1. The Balaban J connectivity index is 1.36. The molecule has 3 aromatic rings. The SMILES string of the molecule is COc1cccc(Cn2nccc2NC(=O)C2CCN(C(=O)c3ccc(F)cc3)CC2)c1OC. The van der Waals surface area contributed by atoms with Crippen LogP contribution in [0.3, 0.4) is 0 Å². The van der Waals surface area contributed by atoms with Crippen LogP contribution in [0.5, 0.6) is 11.5 Å². The van der Waals surface area contributed by atoms with Gasteiger partial charge in [-0.3, -0.25) is 9.59 Å². The molecule has 34 heavy (non-hydrogen) atoms. The van der Waals surface area contributed by atoms with Crippen molar-refractivity contribution in [3.63, 3.8) is 0 Å². The van der Waals surface area contributed by atoms with Gasteiger partial charge in [-0.25, -0.2) is 9.07 Å². The molecule has 8 nitrogen and oxygen atoms in total. The minimum atomic E-state index is -0.379. The van der Waals surface area contributed by atoms with Gasteiger partial charge < -0.3 is 19.7 Å². The Morgan fingerprint density at radius 3 is 2.47 bits per heavy atom. The Bertz CT molecular complexity index is 1150. The molecule has 2 aromatic carbocycles. The second-order valence-corrected chi connectivity index (χ2v) is 8.09. The normalized spacial score (nSPS) is 14.0. The van der Waals surface area contributed by atoms with Crippen LogP contribution in [0.2, 0.25) is 0 Å². The molecule has 1 N–H and O–H groups in total. The zero-order chi connectivity index (χ0) is 24.1. The predicted molar refractivity (Wildman–Crippen MR) is 125 cm³/mol. The third-order valence-corrected chi connectivity index (χ3v) is 6.02. The summed E-state index contributed by atoms with van der Waals surface area (Å²) in [7, 11) is 3.17. The van der Waals surface area contributed by atoms with E-state index in [1.807, 2.05) is 18.2 Å². The van der Waals surface area contributed by atoms with Crippen molar-refractivity contribution in [2.24, 2.45) is 5.92 Å². The van der Waals surface area contributed by atoms with Gasteiger partial charge in [-0.05, 0) is 43.2 Å². The molecule has 9 heteroatoms. The molecule has 1 aromatic heterocycles. The van der Waals surface area contributed by atoms with Crippen LogP contribution in [-0.2, 0) is 11.3 Å². The van der Waals surface area contributed by atoms with Crippen molar-refractivity contribution in [3.8, 4) is 11.5 Å². The third-order valence-electron chi connectivity index (χ3n) is 6.02. The molecule has 0 saturated carbocycles. The molecule has 0 radical (unpaired) electrons. The van der Waals surface area contributed by atoms with Gasteiger partial charge in [0.2, 0.25) is 5.91 Å². The largest absolute Gasteiger partial charge is 0.493 e. The van der Waals surface area contributed by atoms with Crippen LogP contribution in [0.15, 0.2) is 54.7 Å². The Morgan fingerprint density at radius 2 is 1.79 bits per heavy atom. The standard InChI is InChI=1S/C25H27FN4O4/c1-33-21-5-3-4-19(23(21)34-2)16-30-22(10-13-27-30)28-24(31)17-11-14-29(15-12-17)25(32)18-6-8-20(26)9-7-18/h3-10,13,17H,11-12,14-16H2,1-2H3,(H,28,31). The van der Waals surface area contributed by atoms with Crippen LogP contribution in [0.1, 0.15) is 28.8 Å². The van der Waals surface area contributed by atoms with E-state index < -0.39 is 0 Å². The first-order valence-corrected chi connectivity index (χ1v) is 11.1. The number of anilines is 1. The third kappa shape index (κ3) is 5.03. The van der Waals surface area contributed by atoms with E-state index >= 15 is 0 Å². The number of methoxy groups -OCH3 is 2. The number of hydrogen-bond acceptors (Lipinski definition) is 5. The summed E-state index contributed by atoms with van der Waals surface area (Å²) in [4.78, 5) is 27.3. The summed E-state index contributed by atoms with van der Waals surface area (Å²) in [6.45, 7) is 1.33. The molecule has 2 heterocycles. The predicted octanol–water partition coefficient (Wildman–Crippen LogP) is 3.58. The second kappa shape index (κ2) is 10.4. The van der Waals surface area contributed by atoms with Gasteiger partial charge in [-0.1, -0.05) is 12.1 Å². The quantitative estimate of drug-likeness (QED) is 0.575. The molecular weight excluding hydrogens is 439 g/mol. The molecule has 0 atom stereocenters. The Kier molecular flexibility index (Phi) is 7.10. The monoisotopic (exact) mass is 466 g/mol. The number of carbonyl (C=O) groups is 2. The lowest BCUT2D eigenvalue weighted by atomic mass is 9.95. The van der Waals surface area contributed by atoms with Gasteiger partial charge in [0.15, 0.2) is 11.5 Å². The van der Waals surface area contributed by atoms with E-state index in [-0.39, 0.29) is 23.5 Å². The molecule has 178 valence electrons. The summed E-state index contributed by atoms with van der Waals surface area (Å²) in [5.41, 5.74) is 1.31. The van der Waals surface area contributed by atoms with Crippen LogP contribution in [0.25, 0.3) is 0 Å². The molecule has 1 fully saturated rings. The van der Waals surface area contributed by atoms with E-state index in [0.29, 0.717) is 55.4 Å². The summed E-state index contributed by atoms with van der Waals surface area (Å²) >= 11 is 0. The number of hydrogen-bond donors (Lipinski definition) is 1. The summed E-state index contributed by atoms with van der Waals surface area (Å²) in [6, 6.07) is 12.9. The first kappa shape index (κ1) is 23.3. The van der Waals surface area contributed by atoms with Crippen LogP contribution in [0, 0.1) is 11.7 Å². The fraction of sp³-hybridized carbons (Fsp3) is 0.320. The number of nitrogens with one attached hydrogen (secondary N) is 1. The fourth-order valence-electron chi connectivity index (χ4n) is 4.15. The molecular formula is C25H27FN4O4. The number of ether oxygens (including phenoxy) is 2. The van der Waals surface area contributed by atoms with Gasteiger partial charge in [0.05, 0.1) is 27.0 Å². The van der Waals surface area contributed by atoms with Gasteiger partial charge in [0, 0.05) is 36.2 Å². The van der Waals surface area contributed by atoms with Crippen molar-refractivity contribution in [2.75, 3.05) is 32.6 Å². The molecule has 0 bridgehead atoms. The van der Waals surface area contributed by atoms with Gasteiger partial charge in [-0.2, -0.15) is 5.10 Å². The topological polar surface area (TPSA) is 85.7 Å². The second-order valence-electron chi connectivity index (χ2n) is 8.09. The van der Waals surface area contributed by atoms with Crippen molar-refractivity contribution in [1.82, 2.24) is 14.7 Å². The Labute approximate surface area is 197 Å². The lowest BCUT2D eigenvalue weighted by Gasteiger charge is -2.31. The van der Waals surface area contributed by atoms with E-state index in [0.717, 1.165) is 5.56 Å². The number of piperidine rings is 1. The first-order chi connectivity index (χ1) is 16.5. The highest BCUT2D eigenvalue weighted by Gasteiger charge is 2.28. The highest BCUT2D eigenvalue weighted by atomic mass is 19.1. The zero-order valence-corrected chi connectivity index (χ0v) is 19.2. The van der Waals surface area contributed by atoms with Gasteiger partial charge in [-0.15, -0.1) is 0 Å². The minimum absolute atomic E-state index is 0.103. The number of halogens is 1. The number of likely N-dealkylation sites (tertiary alicyclic amines) is 1. The van der Waals surface area contributed by atoms with Gasteiger partial charge in [0.25, 0.3) is 5.91 Å². The average Bonchev–Trinajstić information content (AvgIpc) is 3.30. The Hall–Kier alpha value is -3.88. The van der Waals surface area contributed by atoms with Gasteiger partial charge in [0.1, 0.15) is 11.6 Å². The number of aromatic nitrogens is 2. The minimum Gasteiger partial charge on any atom is -0.493 e. The van der Waals surface area contributed by atoms with Crippen molar-refractivity contribution < 1.29 is 23.5 Å². The van der Waals surface area contributed by atoms with Crippen molar-refractivity contribution in [3.05, 3.63) is 71.7 Å². The van der Waals surface area contributed by atoms with Crippen LogP contribution in [0.4, 0.5) is 10.2 Å². The lowest BCUT2D eigenvalue weighted by Crippen LogP contribution is -2.41. The number of amides is 2. The molecule has 4 rings (SSSR count). The number of nitrogens with zero attached hydrogens (tertiary/aromatic N) is 3. The molecule has 1 saturated heterocycles. The highest BCUT2D eigenvalue weighted by Crippen LogP contribution is 2.31. The van der Waals surface area contributed by atoms with E-state index in [1.54, 1.807) is 36.1 Å². The molecule has 0 unspecified atom stereocenters. The molecule has 0 aliphatic carbocycles. The fourth-order valence-corrected chi connectivity index (χ4v) is 4.15. The number of para-hydroxylation sites is 1. The lowest BCUT2D eigenvalue weighted by molar-refractivity contribution is -0.121. The average molecular weight is 467 g/mol. The molecule has 1 aliphatic heterocycles. The maximum Gasteiger partial charge on any atom is 0.253 e. The van der Waals surface area contributed by atoms with Crippen LogP contribution in [-0.4, -0.2) is 53.8 Å². The molecule has 0 spiro atoms. The van der Waals surface area contributed by atoms with Crippen molar-refractivity contribution in [2.45, 2.75) is 19.4 Å². The number of carbonyl (C=O) groups excluding carboxylic acids is 2. The van der Waals surface area contributed by atoms with E-state index in [4.69, 9.17) is 9.47 Å². The van der Waals surface area contributed by atoms with E-state index in [2.05, 4.69) is 10.4 Å². The van der Waals surface area contributed by atoms with Crippen molar-refractivity contribution >= 4 is 17.6 Å². The number of benzene rings is 2. The smallest absolute Gasteiger partial charge is 0.253 e. The zero-order valence-electron chi connectivity index (χ0n) is 19.2. The highest BCUT2D eigenvalue weighted by molar-refractivity contribution is 5.95. The van der Waals surface area contributed by atoms with Crippen molar-refractivity contribution in [1.29, 1.82) is 0 Å². The van der Waals surface area contributed by atoms with Crippen LogP contribution < -0.4 is 14.8 Å². The summed E-state index contributed by atoms with van der Waals surface area (Å²) < 4.78 is 25.7. The summed E-state index contributed by atoms with van der Waals surface area (Å²) in [5.74, 6) is 0.982. The molecule has 1 aliphatic rings. The van der Waals surface area contributed by atoms with E-state index in [1.165, 1.54) is 24.3 Å².